The third kappa shape index (κ3) is 4.90. The number of carbonyl (C=O) groups excluding carboxylic acids is 1. The van der Waals surface area contributed by atoms with E-state index in [-0.39, 0.29) is 11.6 Å². The van der Waals surface area contributed by atoms with Gasteiger partial charge in [-0.3, -0.25) is 4.79 Å². The van der Waals surface area contributed by atoms with E-state index in [1.54, 1.807) is 12.1 Å². The third-order valence-electron chi connectivity index (χ3n) is 3.48. The molecule has 112 valence electrons. The Balaban J connectivity index is 2.58. The second-order valence-electron chi connectivity index (χ2n) is 5.60. The molecule has 4 nitrogen and oxygen atoms in total. The molecule has 1 aromatic carbocycles. The van der Waals surface area contributed by atoms with E-state index in [1.807, 2.05) is 11.9 Å². The zero-order valence-electron chi connectivity index (χ0n) is 12.4. The first-order chi connectivity index (χ1) is 9.31. The summed E-state index contributed by atoms with van der Waals surface area (Å²) in [7, 11) is 1.93. The summed E-state index contributed by atoms with van der Waals surface area (Å²) in [5, 5.41) is 0. The zero-order valence-corrected chi connectivity index (χ0v) is 12.4. The lowest BCUT2D eigenvalue weighted by Crippen LogP contribution is -2.31. The van der Waals surface area contributed by atoms with Crippen LogP contribution in [0.5, 0.6) is 0 Å². The van der Waals surface area contributed by atoms with Gasteiger partial charge < -0.3 is 16.4 Å². The summed E-state index contributed by atoms with van der Waals surface area (Å²) >= 11 is 0. The predicted molar refractivity (Wildman–Crippen MR) is 78.7 cm³/mol. The highest BCUT2D eigenvalue weighted by Crippen LogP contribution is 2.13. The highest BCUT2D eigenvalue weighted by atomic mass is 19.1. The van der Waals surface area contributed by atoms with Crippen molar-refractivity contribution in [3.8, 4) is 0 Å². The number of primary amides is 1. The molecule has 0 spiro atoms. The van der Waals surface area contributed by atoms with Crippen LogP contribution in [0.3, 0.4) is 0 Å². The molecule has 0 aromatic heterocycles. The number of hydrogen-bond donors (Lipinski definition) is 2. The van der Waals surface area contributed by atoms with Crippen molar-refractivity contribution in [2.24, 2.45) is 17.4 Å². The summed E-state index contributed by atoms with van der Waals surface area (Å²) in [6.45, 7) is 5.46. The smallest absolute Gasteiger partial charge is 0.248 e. The van der Waals surface area contributed by atoms with Crippen molar-refractivity contribution >= 4 is 5.91 Å². The molecule has 1 unspecified atom stereocenters. The average molecular weight is 281 g/mol. The number of rotatable bonds is 7. The first kappa shape index (κ1) is 16.6. The Labute approximate surface area is 119 Å². The minimum atomic E-state index is -0.619. The molecule has 4 N–H and O–H groups in total. The van der Waals surface area contributed by atoms with Crippen LogP contribution >= 0.6 is 0 Å². The van der Waals surface area contributed by atoms with E-state index in [0.717, 1.165) is 13.0 Å². The van der Waals surface area contributed by atoms with Gasteiger partial charge in [0.25, 0.3) is 0 Å². The van der Waals surface area contributed by atoms with Crippen molar-refractivity contribution < 1.29 is 9.18 Å². The van der Waals surface area contributed by atoms with E-state index in [2.05, 4.69) is 13.8 Å². The normalized spacial score (nSPS) is 12.9. The number of halogens is 1. The molecule has 0 aliphatic rings. The van der Waals surface area contributed by atoms with Gasteiger partial charge in [-0.15, -0.1) is 0 Å². The standard InChI is InChI=1S/C15H24FN3O/c1-10(2)14(17)6-7-19(3)9-12-5-4-11(15(18)20)8-13(12)16/h4-5,8,10,14H,6-7,9,17H2,1-3H3,(H2,18,20). The Hall–Kier alpha value is -1.46. The van der Waals surface area contributed by atoms with Crippen LogP contribution in [0.2, 0.25) is 0 Å². The average Bonchev–Trinajstić information content (AvgIpc) is 2.37. The van der Waals surface area contributed by atoms with Gasteiger partial charge in [0.15, 0.2) is 0 Å². The molecule has 0 bridgehead atoms. The molecular weight excluding hydrogens is 257 g/mol. The first-order valence-electron chi connectivity index (χ1n) is 6.83. The third-order valence-corrected chi connectivity index (χ3v) is 3.48. The molecule has 0 radical (unpaired) electrons. The van der Waals surface area contributed by atoms with Crippen LogP contribution in [-0.4, -0.2) is 30.4 Å². The van der Waals surface area contributed by atoms with Crippen LogP contribution in [0, 0.1) is 11.7 Å². The van der Waals surface area contributed by atoms with Crippen LogP contribution in [0.1, 0.15) is 36.2 Å². The first-order valence-corrected chi connectivity index (χ1v) is 6.83. The summed E-state index contributed by atoms with van der Waals surface area (Å²) in [6, 6.07) is 4.49. The maximum absolute atomic E-state index is 13.8. The van der Waals surface area contributed by atoms with Crippen molar-refractivity contribution in [2.45, 2.75) is 32.9 Å². The van der Waals surface area contributed by atoms with Gasteiger partial charge in [-0.1, -0.05) is 19.9 Å². The molecule has 0 saturated heterocycles. The molecule has 1 atom stereocenters. The topological polar surface area (TPSA) is 72.3 Å². The van der Waals surface area contributed by atoms with Crippen molar-refractivity contribution in [2.75, 3.05) is 13.6 Å². The van der Waals surface area contributed by atoms with Crippen molar-refractivity contribution in [1.82, 2.24) is 4.90 Å². The molecular formula is C15H24FN3O. The van der Waals surface area contributed by atoms with Crippen LogP contribution in [0.15, 0.2) is 18.2 Å². The van der Waals surface area contributed by atoms with Crippen LogP contribution in [0.25, 0.3) is 0 Å². The highest BCUT2D eigenvalue weighted by Gasteiger charge is 2.11. The van der Waals surface area contributed by atoms with Crippen LogP contribution in [-0.2, 0) is 6.54 Å². The Kier molecular flexibility index (Phi) is 6.10. The largest absolute Gasteiger partial charge is 0.366 e. The lowest BCUT2D eigenvalue weighted by atomic mass is 10.0. The lowest BCUT2D eigenvalue weighted by Gasteiger charge is -2.21. The van der Waals surface area contributed by atoms with Gasteiger partial charge in [-0.05, 0) is 38.1 Å². The number of hydrogen-bond acceptors (Lipinski definition) is 3. The molecule has 0 heterocycles. The van der Waals surface area contributed by atoms with Gasteiger partial charge in [0.05, 0.1) is 0 Å². The molecule has 1 amide bonds. The quantitative estimate of drug-likeness (QED) is 0.799. The van der Waals surface area contributed by atoms with Crippen LogP contribution < -0.4 is 11.5 Å². The van der Waals surface area contributed by atoms with Crippen LogP contribution in [0.4, 0.5) is 4.39 Å². The molecule has 0 aliphatic heterocycles. The Morgan fingerprint density at radius 3 is 2.55 bits per heavy atom. The fourth-order valence-corrected chi connectivity index (χ4v) is 1.90. The Bertz CT molecular complexity index is 462. The summed E-state index contributed by atoms with van der Waals surface area (Å²) < 4.78 is 13.8. The number of nitrogens with zero attached hydrogens (tertiary/aromatic N) is 1. The predicted octanol–water partition coefficient (Wildman–Crippen LogP) is 1.73. The molecule has 1 rings (SSSR count). The molecule has 0 aliphatic carbocycles. The lowest BCUT2D eigenvalue weighted by molar-refractivity contribution is 0.1000. The van der Waals surface area contributed by atoms with Gasteiger partial charge in [-0.2, -0.15) is 0 Å². The fraction of sp³-hybridized carbons (Fsp3) is 0.533. The maximum Gasteiger partial charge on any atom is 0.248 e. The molecule has 0 saturated carbocycles. The zero-order chi connectivity index (χ0) is 15.3. The van der Waals surface area contributed by atoms with Gasteiger partial charge in [0.2, 0.25) is 5.91 Å². The van der Waals surface area contributed by atoms with Gasteiger partial charge >= 0.3 is 0 Å². The van der Waals surface area contributed by atoms with Gasteiger partial charge in [0, 0.05) is 23.7 Å². The number of nitrogens with two attached hydrogens (primary N) is 2. The van der Waals surface area contributed by atoms with E-state index in [4.69, 9.17) is 11.5 Å². The number of carbonyl (C=O) groups is 1. The SMILES string of the molecule is CC(C)C(N)CCN(C)Cc1ccc(C(N)=O)cc1F. The summed E-state index contributed by atoms with van der Waals surface area (Å²) in [6.07, 6.45) is 0.870. The summed E-state index contributed by atoms with van der Waals surface area (Å²) in [5.41, 5.74) is 11.8. The monoisotopic (exact) mass is 281 g/mol. The van der Waals surface area contributed by atoms with E-state index in [9.17, 15) is 9.18 Å². The van der Waals surface area contributed by atoms with E-state index >= 15 is 0 Å². The van der Waals surface area contributed by atoms with E-state index in [1.165, 1.54) is 6.07 Å². The summed E-state index contributed by atoms with van der Waals surface area (Å²) in [4.78, 5) is 13.0. The summed E-state index contributed by atoms with van der Waals surface area (Å²) in [5.74, 6) is -0.581. The molecule has 1 aromatic rings. The molecule has 20 heavy (non-hydrogen) atoms. The Morgan fingerprint density at radius 1 is 1.40 bits per heavy atom. The highest BCUT2D eigenvalue weighted by molar-refractivity contribution is 5.92. The van der Waals surface area contributed by atoms with Gasteiger partial charge in [-0.25, -0.2) is 4.39 Å². The number of amides is 1. The van der Waals surface area contributed by atoms with E-state index < -0.39 is 11.7 Å². The second kappa shape index (κ2) is 7.36. The minimum Gasteiger partial charge on any atom is -0.366 e. The number of benzene rings is 1. The van der Waals surface area contributed by atoms with Gasteiger partial charge in [0.1, 0.15) is 5.82 Å². The maximum atomic E-state index is 13.8. The second-order valence-corrected chi connectivity index (χ2v) is 5.60. The van der Waals surface area contributed by atoms with E-state index in [0.29, 0.717) is 18.0 Å². The van der Waals surface area contributed by atoms with Crippen molar-refractivity contribution in [1.29, 1.82) is 0 Å². The fourth-order valence-electron chi connectivity index (χ4n) is 1.90. The molecule has 5 heteroatoms. The van der Waals surface area contributed by atoms with Crippen molar-refractivity contribution in [3.63, 3.8) is 0 Å². The Morgan fingerprint density at radius 2 is 2.05 bits per heavy atom. The van der Waals surface area contributed by atoms with Crippen molar-refractivity contribution in [3.05, 3.63) is 35.1 Å². The minimum absolute atomic E-state index is 0.152. The molecule has 0 fully saturated rings.